The number of carbonyl (C=O) groups is 2. The van der Waals surface area contributed by atoms with Crippen molar-refractivity contribution >= 4 is 33.8 Å². The van der Waals surface area contributed by atoms with Crippen molar-refractivity contribution in [2.24, 2.45) is 0 Å². The molecule has 2 unspecified atom stereocenters. The van der Waals surface area contributed by atoms with Gasteiger partial charge >= 0.3 is 12.2 Å². The molecule has 0 spiro atoms. The van der Waals surface area contributed by atoms with Gasteiger partial charge in [-0.2, -0.15) is 0 Å². The largest absolute Gasteiger partial charge is 0.450 e. The normalized spacial score (nSPS) is 22.0. The highest BCUT2D eigenvalue weighted by atomic mass is 79.9. The maximum absolute atomic E-state index is 12.5. The average molecular weight is 397 g/mol. The fourth-order valence-electron chi connectivity index (χ4n) is 3.61. The second-order valence-electron chi connectivity index (χ2n) is 5.85. The lowest BCUT2D eigenvalue weighted by molar-refractivity contribution is 0.0926. The monoisotopic (exact) mass is 396 g/mol. The number of hydrogen-bond acceptors (Lipinski definition) is 4. The molecule has 1 aromatic carbocycles. The highest BCUT2D eigenvalue weighted by Gasteiger charge is 2.47. The summed E-state index contributed by atoms with van der Waals surface area (Å²) in [5.41, 5.74) is 1.92. The van der Waals surface area contributed by atoms with E-state index in [4.69, 9.17) is 9.47 Å². The number of halogens is 1. The number of nitrogens with zero attached hydrogens (tertiary/aromatic N) is 2. The summed E-state index contributed by atoms with van der Waals surface area (Å²) < 4.78 is 11.3. The van der Waals surface area contributed by atoms with Gasteiger partial charge in [0.25, 0.3) is 0 Å². The van der Waals surface area contributed by atoms with Crippen molar-refractivity contribution < 1.29 is 19.1 Å². The minimum absolute atomic E-state index is 0.00317. The highest BCUT2D eigenvalue weighted by Crippen LogP contribution is 2.48. The van der Waals surface area contributed by atoms with Gasteiger partial charge in [0, 0.05) is 23.5 Å². The van der Waals surface area contributed by atoms with E-state index >= 15 is 0 Å². The molecule has 2 aliphatic heterocycles. The van der Waals surface area contributed by atoms with Crippen LogP contribution in [0.3, 0.4) is 0 Å². The van der Waals surface area contributed by atoms with Crippen molar-refractivity contribution in [2.45, 2.75) is 32.2 Å². The Morgan fingerprint density at radius 3 is 2.62 bits per heavy atom. The molecule has 1 fully saturated rings. The van der Waals surface area contributed by atoms with Gasteiger partial charge < -0.3 is 14.4 Å². The first-order valence-electron chi connectivity index (χ1n) is 8.24. The molecule has 0 bridgehead atoms. The number of benzene rings is 1. The van der Waals surface area contributed by atoms with Gasteiger partial charge in [0.15, 0.2) is 0 Å². The van der Waals surface area contributed by atoms with Gasteiger partial charge in [0.1, 0.15) is 0 Å². The third-order valence-corrected chi connectivity index (χ3v) is 5.20. The molecule has 24 heavy (non-hydrogen) atoms. The quantitative estimate of drug-likeness (QED) is 0.763. The molecule has 3 rings (SSSR count). The summed E-state index contributed by atoms with van der Waals surface area (Å²) >= 11 is 3.56. The van der Waals surface area contributed by atoms with Gasteiger partial charge in [-0.1, -0.05) is 12.1 Å². The molecule has 130 valence electrons. The summed E-state index contributed by atoms with van der Waals surface area (Å²) in [6, 6.07) is 5.90. The molecule has 0 N–H and O–H groups in total. The molecule has 0 saturated carbocycles. The Hall–Kier alpha value is -1.76. The zero-order valence-electron chi connectivity index (χ0n) is 13.8. The van der Waals surface area contributed by atoms with Crippen molar-refractivity contribution in [3.8, 4) is 0 Å². The predicted octanol–water partition coefficient (Wildman–Crippen LogP) is 3.74. The molecule has 2 heterocycles. The highest BCUT2D eigenvalue weighted by molar-refractivity contribution is 9.10. The Labute approximate surface area is 149 Å². The first kappa shape index (κ1) is 17.1. The number of carbonyl (C=O) groups excluding carboxylic acids is 2. The van der Waals surface area contributed by atoms with Crippen molar-refractivity contribution in [1.29, 1.82) is 0 Å². The first-order valence-corrected chi connectivity index (χ1v) is 9.03. The Morgan fingerprint density at radius 1 is 1.21 bits per heavy atom. The molecule has 0 aromatic heterocycles. The zero-order chi connectivity index (χ0) is 17.3. The van der Waals surface area contributed by atoms with Gasteiger partial charge in [0.2, 0.25) is 0 Å². The Morgan fingerprint density at radius 2 is 1.92 bits per heavy atom. The van der Waals surface area contributed by atoms with E-state index in [2.05, 4.69) is 15.9 Å². The number of amides is 2. The molecule has 2 atom stereocenters. The summed E-state index contributed by atoms with van der Waals surface area (Å²) in [5.74, 6) is 0.0695. The number of fused-ring (bicyclic) bond motifs is 3. The standard InChI is InChI=1S/C17H21BrN2O4/c1-3-23-16(21)19-9-8-14-12(10-19)11-6-5-7-13(18)15(11)20(14)17(22)24-4-2/h5-7,12,14H,3-4,8-10H2,1-2H3. The first-order chi connectivity index (χ1) is 11.6. The SMILES string of the molecule is CCOC(=O)N1CCC2C(C1)c1cccc(Br)c1N2C(=O)OCC. The second kappa shape index (κ2) is 7.01. The molecule has 2 aliphatic rings. The van der Waals surface area contributed by atoms with Crippen LogP contribution in [-0.4, -0.2) is 49.4 Å². The van der Waals surface area contributed by atoms with E-state index in [0.29, 0.717) is 32.7 Å². The van der Waals surface area contributed by atoms with Crippen molar-refractivity contribution in [3.63, 3.8) is 0 Å². The minimum Gasteiger partial charge on any atom is -0.450 e. The number of rotatable bonds is 2. The molecular formula is C17H21BrN2O4. The fraction of sp³-hybridized carbons (Fsp3) is 0.529. The van der Waals surface area contributed by atoms with Gasteiger partial charge in [-0.15, -0.1) is 0 Å². The molecule has 7 heteroatoms. The maximum Gasteiger partial charge on any atom is 0.414 e. The molecule has 2 amide bonds. The van der Waals surface area contributed by atoms with Crippen LogP contribution < -0.4 is 4.90 Å². The van der Waals surface area contributed by atoms with Crippen molar-refractivity contribution in [1.82, 2.24) is 4.90 Å². The Kier molecular flexibility index (Phi) is 4.99. The van der Waals surface area contributed by atoms with Crippen LogP contribution in [0.15, 0.2) is 22.7 Å². The molecule has 6 nitrogen and oxygen atoms in total. The Balaban J connectivity index is 1.93. The van der Waals surface area contributed by atoms with E-state index in [0.717, 1.165) is 15.7 Å². The van der Waals surface area contributed by atoms with Crippen molar-refractivity contribution in [2.75, 3.05) is 31.2 Å². The average Bonchev–Trinajstić information content (AvgIpc) is 2.90. The van der Waals surface area contributed by atoms with Gasteiger partial charge in [-0.3, -0.25) is 4.90 Å². The van der Waals surface area contributed by atoms with Crippen LogP contribution >= 0.6 is 15.9 Å². The smallest absolute Gasteiger partial charge is 0.414 e. The predicted molar refractivity (Wildman–Crippen MR) is 93.4 cm³/mol. The van der Waals surface area contributed by atoms with Crippen molar-refractivity contribution in [3.05, 3.63) is 28.2 Å². The van der Waals surface area contributed by atoms with Crippen LogP contribution in [0.5, 0.6) is 0 Å². The van der Waals surface area contributed by atoms with E-state index in [1.165, 1.54) is 0 Å². The van der Waals surface area contributed by atoms with Gasteiger partial charge in [-0.25, -0.2) is 9.59 Å². The summed E-state index contributed by atoms with van der Waals surface area (Å²) in [7, 11) is 0. The molecule has 0 aliphatic carbocycles. The summed E-state index contributed by atoms with van der Waals surface area (Å²) in [5, 5.41) is 0. The minimum atomic E-state index is -0.331. The summed E-state index contributed by atoms with van der Waals surface area (Å²) in [6.07, 6.45) is 0.0773. The summed E-state index contributed by atoms with van der Waals surface area (Å²) in [4.78, 5) is 28.1. The molecule has 1 aromatic rings. The number of ether oxygens (including phenoxy) is 2. The molecule has 1 saturated heterocycles. The summed E-state index contributed by atoms with van der Waals surface area (Å²) in [6.45, 7) is 5.41. The topological polar surface area (TPSA) is 59.1 Å². The van der Waals surface area contributed by atoms with E-state index in [1.54, 1.807) is 23.6 Å². The van der Waals surface area contributed by atoms with Crippen LogP contribution in [0.4, 0.5) is 15.3 Å². The van der Waals surface area contributed by atoms with Crippen LogP contribution in [0, 0.1) is 0 Å². The van der Waals surface area contributed by atoms with Crippen LogP contribution in [-0.2, 0) is 9.47 Å². The molecule has 0 radical (unpaired) electrons. The van der Waals surface area contributed by atoms with Gasteiger partial charge in [0.05, 0.1) is 24.9 Å². The van der Waals surface area contributed by atoms with Crippen LogP contribution in [0.2, 0.25) is 0 Å². The number of para-hydroxylation sites is 1. The fourth-order valence-corrected chi connectivity index (χ4v) is 4.18. The maximum atomic E-state index is 12.5. The van der Waals surface area contributed by atoms with Gasteiger partial charge in [-0.05, 0) is 47.8 Å². The zero-order valence-corrected chi connectivity index (χ0v) is 15.4. The van der Waals surface area contributed by atoms with E-state index < -0.39 is 0 Å². The lowest BCUT2D eigenvalue weighted by Crippen LogP contribution is -2.50. The van der Waals surface area contributed by atoms with E-state index in [1.807, 2.05) is 18.2 Å². The van der Waals surface area contributed by atoms with E-state index in [-0.39, 0.29) is 24.1 Å². The third-order valence-electron chi connectivity index (χ3n) is 4.56. The molecular weight excluding hydrogens is 376 g/mol. The number of hydrogen-bond donors (Lipinski definition) is 0. The van der Waals surface area contributed by atoms with Crippen LogP contribution in [0.25, 0.3) is 0 Å². The van der Waals surface area contributed by atoms with E-state index in [9.17, 15) is 9.59 Å². The number of anilines is 1. The number of piperidine rings is 1. The third kappa shape index (κ3) is 2.85. The Bertz CT molecular complexity index is 651. The lowest BCUT2D eigenvalue weighted by Gasteiger charge is -2.37. The lowest BCUT2D eigenvalue weighted by atomic mass is 9.89. The second-order valence-corrected chi connectivity index (χ2v) is 6.71. The van der Waals surface area contributed by atoms with Crippen LogP contribution in [0.1, 0.15) is 31.7 Å². The number of likely N-dealkylation sites (tertiary alicyclic amines) is 1.